The molecule has 3 nitrogen and oxygen atoms in total. The van der Waals surface area contributed by atoms with E-state index in [1.807, 2.05) is 6.07 Å². The van der Waals surface area contributed by atoms with E-state index in [0.717, 1.165) is 24.3 Å². The van der Waals surface area contributed by atoms with Gasteiger partial charge in [0.2, 0.25) is 6.79 Å². The van der Waals surface area contributed by atoms with Crippen molar-refractivity contribution in [1.82, 2.24) is 0 Å². The van der Waals surface area contributed by atoms with Gasteiger partial charge in [0.1, 0.15) is 0 Å². The van der Waals surface area contributed by atoms with Crippen LogP contribution in [-0.4, -0.2) is 6.79 Å². The van der Waals surface area contributed by atoms with E-state index in [-0.39, 0.29) is 6.04 Å². The van der Waals surface area contributed by atoms with Crippen LogP contribution in [0.3, 0.4) is 0 Å². The zero-order chi connectivity index (χ0) is 15.6. The molecule has 1 heterocycles. The molecule has 116 valence electrons. The first kappa shape index (κ1) is 14.1. The molecule has 0 amide bonds. The molecule has 0 aliphatic carbocycles. The summed E-state index contributed by atoms with van der Waals surface area (Å²) in [6.07, 6.45) is 1.82. The molecule has 0 aromatic heterocycles. The Morgan fingerprint density at radius 3 is 2.61 bits per heavy atom. The van der Waals surface area contributed by atoms with Crippen LogP contribution >= 0.6 is 0 Å². The van der Waals surface area contributed by atoms with Gasteiger partial charge in [-0.25, -0.2) is 0 Å². The summed E-state index contributed by atoms with van der Waals surface area (Å²) in [5.74, 6) is 1.66. The van der Waals surface area contributed by atoms with Gasteiger partial charge in [-0.05, 0) is 52.9 Å². The van der Waals surface area contributed by atoms with Crippen molar-refractivity contribution in [2.24, 2.45) is 5.73 Å². The Morgan fingerprint density at radius 2 is 1.70 bits per heavy atom. The molecule has 0 spiro atoms. The fourth-order valence-electron chi connectivity index (χ4n) is 3.02. The number of aryl methyl sites for hydroxylation is 1. The van der Waals surface area contributed by atoms with Gasteiger partial charge in [-0.15, -0.1) is 0 Å². The third-order valence-electron chi connectivity index (χ3n) is 4.38. The first-order chi connectivity index (χ1) is 11.3. The molecule has 1 aliphatic heterocycles. The number of rotatable bonds is 4. The minimum Gasteiger partial charge on any atom is -0.454 e. The molecule has 0 saturated carbocycles. The number of fused-ring (bicyclic) bond motifs is 2. The number of hydrogen-bond acceptors (Lipinski definition) is 3. The average Bonchev–Trinajstić information content (AvgIpc) is 3.07. The summed E-state index contributed by atoms with van der Waals surface area (Å²) < 4.78 is 10.8. The number of benzene rings is 3. The van der Waals surface area contributed by atoms with Crippen LogP contribution in [-0.2, 0) is 6.42 Å². The maximum Gasteiger partial charge on any atom is 0.231 e. The highest BCUT2D eigenvalue weighted by molar-refractivity contribution is 5.83. The van der Waals surface area contributed by atoms with Crippen molar-refractivity contribution in [2.75, 3.05) is 6.79 Å². The number of ether oxygens (including phenoxy) is 2. The van der Waals surface area contributed by atoms with Crippen LogP contribution in [0.2, 0.25) is 0 Å². The summed E-state index contributed by atoms with van der Waals surface area (Å²) in [7, 11) is 0. The number of nitrogens with two attached hydrogens (primary N) is 1. The lowest BCUT2D eigenvalue weighted by molar-refractivity contribution is 0.174. The van der Waals surface area contributed by atoms with Crippen molar-refractivity contribution in [3.05, 3.63) is 71.8 Å². The molecule has 3 heteroatoms. The lowest BCUT2D eigenvalue weighted by Gasteiger charge is -2.13. The van der Waals surface area contributed by atoms with E-state index in [4.69, 9.17) is 15.2 Å². The van der Waals surface area contributed by atoms with E-state index in [9.17, 15) is 0 Å². The Kier molecular flexibility index (Phi) is 3.64. The lowest BCUT2D eigenvalue weighted by atomic mass is 9.97. The third kappa shape index (κ3) is 2.88. The molecule has 4 rings (SSSR count). The van der Waals surface area contributed by atoms with Gasteiger partial charge >= 0.3 is 0 Å². The summed E-state index contributed by atoms with van der Waals surface area (Å²) in [6, 6.07) is 21.0. The van der Waals surface area contributed by atoms with Crippen LogP contribution in [0.25, 0.3) is 10.8 Å². The summed E-state index contributed by atoms with van der Waals surface area (Å²) in [4.78, 5) is 0. The predicted octanol–water partition coefficient (Wildman–Crippen LogP) is 4.20. The molecule has 0 bridgehead atoms. The van der Waals surface area contributed by atoms with Crippen molar-refractivity contribution in [3.8, 4) is 11.5 Å². The van der Waals surface area contributed by atoms with Crippen molar-refractivity contribution in [3.63, 3.8) is 0 Å². The molecule has 0 radical (unpaired) electrons. The predicted molar refractivity (Wildman–Crippen MR) is 91.8 cm³/mol. The topological polar surface area (TPSA) is 44.5 Å². The zero-order valence-electron chi connectivity index (χ0n) is 12.9. The largest absolute Gasteiger partial charge is 0.454 e. The molecule has 0 fully saturated rings. The molecule has 1 aliphatic rings. The quantitative estimate of drug-likeness (QED) is 0.785. The van der Waals surface area contributed by atoms with Crippen LogP contribution in [0.5, 0.6) is 11.5 Å². The summed E-state index contributed by atoms with van der Waals surface area (Å²) in [5.41, 5.74) is 8.80. The smallest absolute Gasteiger partial charge is 0.231 e. The molecular formula is C20H19NO2. The fraction of sp³-hybridized carbons (Fsp3) is 0.200. The van der Waals surface area contributed by atoms with E-state index in [2.05, 4.69) is 54.6 Å². The number of hydrogen-bond donors (Lipinski definition) is 1. The Morgan fingerprint density at radius 1 is 0.870 bits per heavy atom. The molecule has 1 atom stereocenters. The van der Waals surface area contributed by atoms with Gasteiger partial charge in [-0.1, -0.05) is 42.5 Å². The Bertz CT molecular complexity index is 844. The Labute approximate surface area is 135 Å². The normalized spacial score (nSPS) is 14.1. The van der Waals surface area contributed by atoms with Crippen molar-refractivity contribution in [2.45, 2.75) is 18.9 Å². The van der Waals surface area contributed by atoms with Crippen molar-refractivity contribution < 1.29 is 9.47 Å². The monoisotopic (exact) mass is 305 g/mol. The SMILES string of the molecule is NC(CCc1ccc2c(c1)OCO2)c1ccc2ccccc2c1. The molecule has 3 aromatic carbocycles. The van der Waals surface area contributed by atoms with Gasteiger partial charge in [0.05, 0.1) is 0 Å². The first-order valence-corrected chi connectivity index (χ1v) is 7.92. The molecule has 3 aromatic rings. The van der Waals surface area contributed by atoms with Gasteiger partial charge < -0.3 is 15.2 Å². The molecule has 2 N–H and O–H groups in total. The Balaban J connectivity index is 1.47. The van der Waals surface area contributed by atoms with Crippen LogP contribution in [0, 0.1) is 0 Å². The second-order valence-electron chi connectivity index (χ2n) is 5.94. The van der Waals surface area contributed by atoms with Gasteiger partial charge in [0.25, 0.3) is 0 Å². The summed E-state index contributed by atoms with van der Waals surface area (Å²) in [5, 5.41) is 2.49. The molecule has 0 saturated heterocycles. The van der Waals surface area contributed by atoms with Gasteiger partial charge in [-0.2, -0.15) is 0 Å². The second-order valence-corrected chi connectivity index (χ2v) is 5.94. The minimum absolute atomic E-state index is 0.0324. The molecule has 1 unspecified atom stereocenters. The highest BCUT2D eigenvalue weighted by Crippen LogP contribution is 2.33. The van der Waals surface area contributed by atoms with E-state index in [1.165, 1.54) is 21.9 Å². The Hall–Kier alpha value is -2.52. The lowest BCUT2D eigenvalue weighted by Crippen LogP contribution is -2.11. The highest BCUT2D eigenvalue weighted by atomic mass is 16.7. The van der Waals surface area contributed by atoms with E-state index >= 15 is 0 Å². The minimum atomic E-state index is 0.0324. The highest BCUT2D eigenvalue weighted by Gasteiger charge is 2.14. The molecular weight excluding hydrogens is 286 g/mol. The fourth-order valence-corrected chi connectivity index (χ4v) is 3.02. The summed E-state index contributed by atoms with van der Waals surface area (Å²) in [6.45, 7) is 0.315. The van der Waals surface area contributed by atoms with Crippen molar-refractivity contribution in [1.29, 1.82) is 0 Å². The van der Waals surface area contributed by atoms with Crippen molar-refractivity contribution >= 4 is 10.8 Å². The zero-order valence-corrected chi connectivity index (χ0v) is 12.9. The van der Waals surface area contributed by atoms with Crippen LogP contribution in [0.1, 0.15) is 23.6 Å². The standard InChI is InChI=1S/C20H19NO2/c21-18(17-8-7-15-3-1-2-4-16(15)12-17)9-5-14-6-10-19-20(11-14)23-13-22-19/h1-4,6-8,10-12,18H,5,9,13,21H2. The summed E-state index contributed by atoms with van der Waals surface area (Å²) >= 11 is 0. The van der Waals surface area contributed by atoms with Crippen LogP contribution in [0.15, 0.2) is 60.7 Å². The van der Waals surface area contributed by atoms with Gasteiger partial charge in [0.15, 0.2) is 11.5 Å². The van der Waals surface area contributed by atoms with Gasteiger partial charge in [-0.3, -0.25) is 0 Å². The maximum atomic E-state index is 6.39. The van der Waals surface area contributed by atoms with E-state index in [1.54, 1.807) is 0 Å². The van der Waals surface area contributed by atoms with E-state index in [0.29, 0.717) is 6.79 Å². The molecule has 23 heavy (non-hydrogen) atoms. The van der Waals surface area contributed by atoms with Crippen LogP contribution in [0.4, 0.5) is 0 Å². The third-order valence-corrected chi connectivity index (χ3v) is 4.38. The average molecular weight is 305 g/mol. The maximum absolute atomic E-state index is 6.39. The van der Waals surface area contributed by atoms with Crippen LogP contribution < -0.4 is 15.2 Å². The first-order valence-electron chi connectivity index (χ1n) is 7.92. The van der Waals surface area contributed by atoms with Gasteiger partial charge in [0, 0.05) is 6.04 Å². The van der Waals surface area contributed by atoms with E-state index < -0.39 is 0 Å². The second kappa shape index (κ2) is 5.94.